The number of ether oxygens (including phenoxy) is 1. The fourth-order valence-corrected chi connectivity index (χ4v) is 1.76. The lowest BCUT2D eigenvalue weighted by atomic mass is 9.93. The van der Waals surface area contributed by atoms with Crippen molar-refractivity contribution in [3.63, 3.8) is 0 Å². The molecular formula is C10H20N2O2. The van der Waals surface area contributed by atoms with Crippen molar-refractivity contribution in [2.75, 3.05) is 13.2 Å². The monoisotopic (exact) mass is 200 g/mol. The number of nitrogens with two attached hydrogens (primary N) is 1. The summed E-state index contributed by atoms with van der Waals surface area (Å²) in [4.78, 5) is 11.1. The Bertz CT molecular complexity index is 185. The first-order valence-electron chi connectivity index (χ1n) is 5.38. The molecule has 0 saturated heterocycles. The van der Waals surface area contributed by atoms with Crippen LogP contribution in [0.3, 0.4) is 0 Å². The summed E-state index contributed by atoms with van der Waals surface area (Å²) >= 11 is 0. The van der Waals surface area contributed by atoms with Crippen LogP contribution in [0.15, 0.2) is 0 Å². The summed E-state index contributed by atoms with van der Waals surface area (Å²) in [6.45, 7) is 2.69. The number of hydrogen-bond acceptors (Lipinski definition) is 3. The first kappa shape index (κ1) is 11.5. The van der Waals surface area contributed by atoms with Crippen LogP contribution in [0.5, 0.6) is 0 Å². The minimum absolute atomic E-state index is 0.0507. The van der Waals surface area contributed by atoms with Crippen LogP contribution in [-0.4, -0.2) is 31.2 Å². The number of likely N-dealkylation sites (N-methyl/N-ethyl adjacent to an activating group) is 1. The van der Waals surface area contributed by atoms with Crippen molar-refractivity contribution < 1.29 is 9.53 Å². The van der Waals surface area contributed by atoms with E-state index in [0.29, 0.717) is 6.54 Å². The minimum Gasteiger partial charge on any atom is -0.367 e. The van der Waals surface area contributed by atoms with Crippen LogP contribution in [0.2, 0.25) is 0 Å². The van der Waals surface area contributed by atoms with Crippen molar-refractivity contribution in [2.45, 2.75) is 44.8 Å². The van der Waals surface area contributed by atoms with Crippen LogP contribution in [0.4, 0.5) is 0 Å². The molecule has 82 valence electrons. The van der Waals surface area contributed by atoms with Crippen LogP contribution in [0.1, 0.15) is 32.6 Å². The molecule has 0 aromatic heterocycles. The minimum atomic E-state index is -0.0507. The highest BCUT2D eigenvalue weighted by Gasteiger charge is 2.22. The van der Waals surface area contributed by atoms with Gasteiger partial charge >= 0.3 is 0 Å². The van der Waals surface area contributed by atoms with Gasteiger partial charge in [0.1, 0.15) is 6.61 Å². The Morgan fingerprint density at radius 1 is 1.50 bits per heavy atom. The van der Waals surface area contributed by atoms with E-state index >= 15 is 0 Å². The molecule has 1 fully saturated rings. The predicted octanol–water partition coefficient (Wildman–Crippen LogP) is 0.409. The Morgan fingerprint density at radius 3 is 2.86 bits per heavy atom. The van der Waals surface area contributed by atoms with Gasteiger partial charge in [-0.05, 0) is 19.8 Å². The molecule has 1 aliphatic carbocycles. The maximum absolute atomic E-state index is 11.1. The van der Waals surface area contributed by atoms with E-state index in [9.17, 15) is 4.79 Å². The number of nitrogens with one attached hydrogen (secondary N) is 1. The Labute approximate surface area is 85.2 Å². The second-order valence-corrected chi connectivity index (χ2v) is 3.75. The zero-order valence-corrected chi connectivity index (χ0v) is 8.79. The van der Waals surface area contributed by atoms with Crippen LogP contribution in [0.25, 0.3) is 0 Å². The molecule has 0 aromatic carbocycles. The Hall–Kier alpha value is -0.610. The lowest BCUT2D eigenvalue weighted by Crippen LogP contribution is -2.41. The highest BCUT2D eigenvalue weighted by Crippen LogP contribution is 2.19. The van der Waals surface area contributed by atoms with E-state index in [2.05, 4.69) is 5.32 Å². The van der Waals surface area contributed by atoms with Crippen molar-refractivity contribution in [3.05, 3.63) is 0 Å². The molecule has 1 aliphatic rings. The maximum atomic E-state index is 11.1. The Kier molecular flexibility index (Phi) is 4.90. The summed E-state index contributed by atoms with van der Waals surface area (Å²) < 4.78 is 5.47. The number of carbonyl (C=O) groups excluding carboxylic acids is 1. The van der Waals surface area contributed by atoms with Gasteiger partial charge in [0, 0.05) is 12.6 Å². The van der Waals surface area contributed by atoms with Gasteiger partial charge in [0.05, 0.1) is 6.10 Å². The van der Waals surface area contributed by atoms with Crippen LogP contribution in [-0.2, 0) is 9.53 Å². The molecule has 1 saturated carbocycles. The van der Waals surface area contributed by atoms with E-state index in [4.69, 9.17) is 10.5 Å². The predicted molar refractivity (Wildman–Crippen MR) is 54.9 cm³/mol. The van der Waals surface area contributed by atoms with Gasteiger partial charge < -0.3 is 15.8 Å². The zero-order valence-electron chi connectivity index (χ0n) is 8.79. The van der Waals surface area contributed by atoms with Gasteiger partial charge in [0.15, 0.2) is 0 Å². The average molecular weight is 200 g/mol. The molecule has 0 radical (unpaired) electrons. The number of hydrogen-bond donors (Lipinski definition) is 2. The summed E-state index contributed by atoms with van der Waals surface area (Å²) in [5.74, 6) is -0.0507. The highest BCUT2D eigenvalue weighted by atomic mass is 16.5. The van der Waals surface area contributed by atoms with Crippen molar-refractivity contribution in [1.29, 1.82) is 0 Å². The quantitative estimate of drug-likeness (QED) is 0.691. The van der Waals surface area contributed by atoms with Crippen molar-refractivity contribution in [3.8, 4) is 0 Å². The van der Waals surface area contributed by atoms with Gasteiger partial charge in [-0.15, -0.1) is 0 Å². The molecular weight excluding hydrogens is 180 g/mol. The molecule has 4 heteroatoms. The normalized spacial score (nSPS) is 27.3. The number of amides is 1. The molecule has 14 heavy (non-hydrogen) atoms. The summed E-state index contributed by atoms with van der Waals surface area (Å²) in [6.07, 6.45) is 4.42. The van der Waals surface area contributed by atoms with Crippen molar-refractivity contribution in [2.24, 2.45) is 5.73 Å². The molecule has 3 N–H and O–H groups in total. The second-order valence-electron chi connectivity index (χ2n) is 3.75. The summed E-state index contributed by atoms with van der Waals surface area (Å²) in [7, 11) is 0. The average Bonchev–Trinajstić information content (AvgIpc) is 2.17. The lowest BCUT2D eigenvalue weighted by Gasteiger charge is -2.28. The Morgan fingerprint density at radius 2 is 2.21 bits per heavy atom. The van der Waals surface area contributed by atoms with Crippen molar-refractivity contribution >= 4 is 5.91 Å². The van der Waals surface area contributed by atoms with Gasteiger partial charge in [-0.2, -0.15) is 0 Å². The van der Waals surface area contributed by atoms with E-state index in [-0.39, 0.29) is 24.7 Å². The SMILES string of the molecule is CCNC(=O)COC1CCCCC1N. The molecule has 1 amide bonds. The van der Waals surface area contributed by atoms with E-state index in [1.54, 1.807) is 0 Å². The zero-order chi connectivity index (χ0) is 10.4. The topological polar surface area (TPSA) is 64.3 Å². The van der Waals surface area contributed by atoms with E-state index < -0.39 is 0 Å². The molecule has 0 aromatic rings. The van der Waals surface area contributed by atoms with Gasteiger partial charge in [-0.1, -0.05) is 12.8 Å². The summed E-state index contributed by atoms with van der Waals surface area (Å²) in [5, 5.41) is 2.70. The molecule has 2 unspecified atom stereocenters. The smallest absolute Gasteiger partial charge is 0.246 e. The van der Waals surface area contributed by atoms with Crippen molar-refractivity contribution in [1.82, 2.24) is 5.32 Å². The van der Waals surface area contributed by atoms with E-state index in [1.807, 2.05) is 6.92 Å². The van der Waals surface area contributed by atoms with Crippen LogP contribution < -0.4 is 11.1 Å². The largest absolute Gasteiger partial charge is 0.367 e. The Balaban J connectivity index is 2.19. The first-order valence-corrected chi connectivity index (χ1v) is 5.38. The molecule has 0 aliphatic heterocycles. The highest BCUT2D eigenvalue weighted by molar-refractivity contribution is 5.77. The van der Waals surface area contributed by atoms with Crippen LogP contribution in [0, 0.1) is 0 Å². The maximum Gasteiger partial charge on any atom is 0.246 e. The molecule has 0 spiro atoms. The third kappa shape index (κ3) is 3.64. The second kappa shape index (κ2) is 5.98. The molecule has 0 heterocycles. The fraction of sp³-hybridized carbons (Fsp3) is 0.900. The van der Waals surface area contributed by atoms with Gasteiger partial charge in [0.25, 0.3) is 0 Å². The van der Waals surface area contributed by atoms with Crippen LogP contribution >= 0.6 is 0 Å². The van der Waals surface area contributed by atoms with E-state index in [1.165, 1.54) is 6.42 Å². The standard InChI is InChI=1S/C10H20N2O2/c1-2-12-10(13)7-14-9-6-4-3-5-8(9)11/h8-9H,2-7,11H2,1H3,(H,12,13). The molecule has 0 bridgehead atoms. The van der Waals surface area contributed by atoms with Gasteiger partial charge in [-0.25, -0.2) is 0 Å². The van der Waals surface area contributed by atoms with Gasteiger partial charge in [-0.3, -0.25) is 4.79 Å². The summed E-state index contributed by atoms with van der Waals surface area (Å²) in [5.41, 5.74) is 5.88. The van der Waals surface area contributed by atoms with Gasteiger partial charge in [0.2, 0.25) is 5.91 Å². The summed E-state index contributed by atoms with van der Waals surface area (Å²) in [6, 6.07) is 0.109. The number of rotatable bonds is 4. The molecule has 1 rings (SSSR count). The third-order valence-electron chi connectivity index (χ3n) is 2.56. The molecule has 2 atom stereocenters. The number of carbonyl (C=O) groups is 1. The third-order valence-corrected chi connectivity index (χ3v) is 2.56. The first-order chi connectivity index (χ1) is 6.74. The van der Waals surface area contributed by atoms with E-state index in [0.717, 1.165) is 19.3 Å². The lowest BCUT2D eigenvalue weighted by molar-refractivity contribution is -0.128. The fourth-order valence-electron chi connectivity index (χ4n) is 1.76. The molecule has 4 nitrogen and oxygen atoms in total.